The molecule has 2 N–H and O–H groups in total. The molecule has 8 nitrogen and oxygen atoms in total. The maximum absolute atomic E-state index is 12.7. The number of nitrogens with one attached hydrogen (secondary N) is 2. The molecule has 3 amide bonds. The largest absolute Gasteiger partial charge is 0.338 e. The summed E-state index contributed by atoms with van der Waals surface area (Å²) in [5.74, 6) is -0.108. The molecule has 1 aromatic rings. The fraction of sp³-hybridized carbons (Fsp3) is 0.579. The molecule has 3 rings (SSSR count). The lowest BCUT2D eigenvalue weighted by Gasteiger charge is -2.36. The summed E-state index contributed by atoms with van der Waals surface area (Å²) in [4.78, 5) is 28.3. The van der Waals surface area contributed by atoms with Crippen LogP contribution in [0.5, 0.6) is 0 Å². The van der Waals surface area contributed by atoms with Crippen molar-refractivity contribution in [3.05, 3.63) is 29.8 Å². The minimum Gasteiger partial charge on any atom is -0.338 e. The Morgan fingerprint density at radius 3 is 2.39 bits per heavy atom. The summed E-state index contributed by atoms with van der Waals surface area (Å²) in [5, 5.41) is 2.81. The number of urea groups is 1. The van der Waals surface area contributed by atoms with Crippen molar-refractivity contribution in [2.24, 2.45) is 0 Å². The van der Waals surface area contributed by atoms with Crippen LogP contribution < -0.4 is 10.0 Å². The maximum atomic E-state index is 12.7. The molecule has 2 heterocycles. The van der Waals surface area contributed by atoms with E-state index in [9.17, 15) is 18.0 Å². The first-order chi connectivity index (χ1) is 13.3. The van der Waals surface area contributed by atoms with Gasteiger partial charge in [0.05, 0.1) is 4.90 Å². The fourth-order valence-electron chi connectivity index (χ4n) is 3.59. The van der Waals surface area contributed by atoms with Crippen molar-refractivity contribution in [2.75, 3.05) is 26.2 Å². The zero-order chi connectivity index (χ0) is 20.3. The van der Waals surface area contributed by atoms with Gasteiger partial charge in [-0.1, -0.05) is 6.92 Å². The van der Waals surface area contributed by atoms with Crippen LogP contribution in [0.15, 0.2) is 29.2 Å². The number of piperidine rings is 1. The standard InChI is InChI=1S/C19H28N4O4S/c1-3-14(2)21-28(26,27)17-6-4-15(5-7-17)18(24)22-11-8-16(9-12-22)23-13-10-20-19(23)25/h4-7,14,16,21H,3,8-13H2,1-2H3,(H,20,25). The highest BCUT2D eigenvalue weighted by atomic mass is 32.2. The second kappa shape index (κ2) is 8.48. The van der Waals surface area contributed by atoms with Gasteiger partial charge in [0.15, 0.2) is 0 Å². The van der Waals surface area contributed by atoms with Gasteiger partial charge < -0.3 is 15.1 Å². The first-order valence-corrected chi connectivity index (χ1v) is 11.3. The molecular weight excluding hydrogens is 380 g/mol. The highest BCUT2D eigenvalue weighted by Crippen LogP contribution is 2.20. The lowest BCUT2D eigenvalue weighted by molar-refractivity contribution is 0.0666. The predicted molar refractivity (Wildman–Crippen MR) is 106 cm³/mol. The highest BCUT2D eigenvalue weighted by Gasteiger charge is 2.32. The summed E-state index contributed by atoms with van der Waals surface area (Å²) < 4.78 is 27.3. The van der Waals surface area contributed by atoms with Crippen molar-refractivity contribution >= 4 is 22.0 Å². The zero-order valence-corrected chi connectivity index (χ0v) is 17.2. The lowest BCUT2D eigenvalue weighted by Crippen LogP contribution is -2.47. The van der Waals surface area contributed by atoms with Crippen molar-refractivity contribution in [2.45, 2.75) is 50.1 Å². The number of nitrogens with zero attached hydrogens (tertiary/aromatic N) is 2. The molecule has 2 fully saturated rings. The van der Waals surface area contributed by atoms with Gasteiger partial charge in [-0.3, -0.25) is 4.79 Å². The van der Waals surface area contributed by atoms with E-state index in [0.29, 0.717) is 31.6 Å². The van der Waals surface area contributed by atoms with E-state index in [1.165, 1.54) is 12.1 Å². The second-order valence-corrected chi connectivity index (χ2v) is 9.12. The van der Waals surface area contributed by atoms with Gasteiger partial charge in [-0.25, -0.2) is 17.9 Å². The maximum Gasteiger partial charge on any atom is 0.317 e. The molecule has 0 bridgehead atoms. The first-order valence-electron chi connectivity index (χ1n) is 9.78. The van der Waals surface area contributed by atoms with Gasteiger partial charge in [-0.15, -0.1) is 0 Å². The minimum atomic E-state index is -3.58. The number of hydrogen-bond donors (Lipinski definition) is 2. The Bertz CT molecular complexity index is 817. The number of amides is 3. The molecule has 2 aliphatic heterocycles. The Kier molecular flexibility index (Phi) is 6.24. The molecule has 0 spiro atoms. The van der Waals surface area contributed by atoms with Crippen molar-refractivity contribution in [3.63, 3.8) is 0 Å². The van der Waals surface area contributed by atoms with Crippen LogP contribution in [0.1, 0.15) is 43.5 Å². The van der Waals surface area contributed by atoms with Gasteiger partial charge >= 0.3 is 6.03 Å². The Hall–Kier alpha value is -2.13. The van der Waals surface area contributed by atoms with Gasteiger partial charge in [0, 0.05) is 43.8 Å². The number of carbonyl (C=O) groups excluding carboxylic acids is 2. The molecule has 2 saturated heterocycles. The van der Waals surface area contributed by atoms with E-state index < -0.39 is 10.0 Å². The van der Waals surface area contributed by atoms with Crippen LogP contribution in [-0.4, -0.2) is 68.4 Å². The number of carbonyl (C=O) groups is 2. The summed E-state index contributed by atoms with van der Waals surface area (Å²) in [6.45, 7) is 6.29. The molecule has 0 aromatic heterocycles. The van der Waals surface area contributed by atoms with Crippen LogP contribution in [0.25, 0.3) is 0 Å². The SMILES string of the molecule is CCC(C)NS(=O)(=O)c1ccc(C(=O)N2CCC(N3CCNC3=O)CC2)cc1. The smallest absolute Gasteiger partial charge is 0.317 e. The molecule has 1 aromatic carbocycles. The average Bonchev–Trinajstić information content (AvgIpc) is 3.13. The van der Waals surface area contributed by atoms with Crippen molar-refractivity contribution in [1.82, 2.24) is 19.8 Å². The van der Waals surface area contributed by atoms with Gasteiger partial charge in [0.25, 0.3) is 5.91 Å². The quantitative estimate of drug-likeness (QED) is 0.743. The summed E-state index contributed by atoms with van der Waals surface area (Å²) in [7, 11) is -3.58. The molecule has 0 saturated carbocycles. The van der Waals surface area contributed by atoms with E-state index in [1.54, 1.807) is 17.0 Å². The molecule has 2 aliphatic rings. The molecule has 1 atom stereocenters. The predicted octanol–water partition coefficient (Wildman–Crippen LogP) is 1.39. The Balaban J connectivity index is 1.60. The lowest BCUT2D eigenvalue weighted by atomic mass is 10.0. The van der Waals surface area contributed by atoms with E-state index in [0.717, 1.165) is 19.4 Å². The molecule has 154 valence electrons. The number of sulfonamides is 1. The van der Waals surface area contributed by atoms with Crippen LogP contribution in [0.2, 0.25) is 0 Å². The first kappa shape index (κ1) is 20.6. The van der Waals surface area contributed by atoms with Crippen LogP contribution in [-0.2, 0) is 10.0 Å². The molecule has 1 unspecified atom stereocenters. The molecule has 0 radical (unpaired) electrons. The summed E-state index contributed by atoms with van der Waals surface area (Å²) >= 11 is 0. The zero-order valence-electron chi connectivity index (χ0n) is 16.3. The van der Waals surface area contributed by atoms with E-state index in [2.05, 4.69) is 10.0 Å². The van der Waals surface area contributed by atoms with Crippen molar-refractivity contribution in [3.8, 4) is 0 Å². The normalized spacial score (nSPS) is 19.6. The summed E-state index contributed by atoms with van der Waals surface area (Å²) in [6.07, 6.45) is 2.21. The van der Waals surface area contributed by atoms with Crippen LogP contribution in [0.4, 0.5) is 4.79 Å². The monoisotopic (exact) mass is 408 g/mol. The van der Waals surface area contributed by atoms with Gasteiger partial charge in [-0.2, -0.15) is 0 Å². The summed E-state index contributed by atoms with van der Waals surface area (Å²) in [6, 6.07) is 6.07. The number of likely N-dealkylation sites (tertiary alicyclic amines) is 1. The number of rotatable bonds is 6. The molecular formula is C19H28N4O4S. The fourth-order valence-corrected chi connectivity index (χ4v) is 4.92. The highest BCUT2D eigenvalue weighted by molar-refractivity contribution is 7.89. The van der Waals surface area contributed by atoms with Crippen LogP contribution in [0, 0.1) is 0 Å². The average molecular weight is 409 g/mol. The number of hydrogen-bond acceptors (Lipinski definition) is 4. The number of benzene rings is 1. The van der Waals surface area contributed by atoms with Gasteiger partial charge in [0.1, 0.15) is 0 Å². The van der Waals surface area contributed by atoms with E-state index in [4.69, 9.17) is 0 Å². The third kappa shape index (κ3) is 4.47. The van der Waals surface area contributed by atoms with E-state index in [-0.39, 0.29) is 28.9 Å². The topological polar surface area (TPSA) is 98.8 Å². The second-order valence-electron chi connectivity index (χ2n) is 7.40. The van der Waals surface area contributed by atoms with Crippen molar-refractivity contribution < 1.29 is 18.0 Å². The summed E-state index contributed by atoms with van der Waals surface area (Å²) in [5.41, 5.74) is 0.472. The Morgan fingerprint density at radius 2 is 1.86 bits per heavy atom. The molecule has 28 heavy (non-hydrogen) atoms. The van der Waals surface area contributed by atoms with Crippen molar-refractivity contribution in [1.29, 1.82) is 0 Å². The minimum absolute atomic E-state index is 0.0208. The van der Waals surface area contributed by atoms with E-state index in [1.807, 2.05) is 18.7 Å². The molecule has 9 heteroatoms. The van der Waals surface area contributed by atoms with E-state index >= 15 is 0 Å². The third-order valence-electron chi connectivity index (χ3n) is 5.46. The van der Waals surface area contributed by atoms with Crippen LogP contribution >= 0.6 is 0 Å². The Labute approximate surface area is 166 Å². The Morgan fingerprint density at radius 1 is 1.21 bits per heavy atom. The third-order valence-corrected chi connectivity index (χ3v) is 7.07. The van der Waals surface area contributed by atoms with Gasteiger partial charge in [-0.05, 0) is 50.5 Å². The molecule has 0 aliphatic carbocycles. The van der Waals surface area contributed by atoms with Crippen LogP contribution in [0.3, 0.4) is 0 Å². The van der Waals surface area contributed by atoms with Gasteiger partial charge in [0.2, 0.25) is 10.0 Å².